The molecule has 3 rings (SSSR count). The minimum absolute atomic E-state index is 0.0952. The molecule has 1 fully saturated rings. The summed E-state index contributed by atoms with van der Waals surface area (Å²) >= 11 is 0. The van der Waals surface area contributed by atoms with Gasteiger partial charge in [0.25, 0.3) is 5.91 Å². The second-order valence-corrected chi connectivity index (χ2v) is 5.24. The third-order valence-electron chi connectivity index (χ3n) is 3.79. The third-order valence-corrected chi connectivity index (χ3v) is 3.79. The Labute approximate surface area is 119 Å². The summed E-state index contributed by atoms with van der Waals surface area (Å²) in [6.45, 7) is 1.89. The predicted molar refractivity (Wildman–Crippen MR) is 79.9 cm³/mol. The zero-order valence-corrected chi connectivity index (χ0v) is 11.5. The molecule has 20 heavy (non-hydrogen) atoms. The van der Waals surface area contributed by atoms with Gasteiger partial charge in [-0.25, -0.2) is 0 Å². The van der Waals surface area contributed by atoms with Crippen molar-refractivity contribution in [3.05, 3.63) is 42.5 Å². The molecule has 3 nitrogen and oxygen atoms in total. The summed E-state index contributed by atoms with van der Waals surface area (Å²) < 4.78 is 5.64. The Hall–Kier alpha value is -2.03. The fourth-order valence-electron chi connectivity index (χ4n) is 2.64. The van der Waals surface area contributed by atoms with E-state index in [2.05, 4.69) is 12.1 Å². The van der Waals surface area contributed by atoms with Gasteiger partial charge in [-0.3, -0.25) is 4.79 Å². The number of carbonyl (C=O) groups is 1. The Morgan fingerprint density at radius 3 is 2.55 bits per heavy atom. The molecule has 1 heterocycles. The molecule has 2 aromatic carbocycles. The summed E-state index contributed by atoms with van der Waals surface area (Å²) in [5, 5.41) is 2.32. The van der Waals surface area contributed by atoms with Crippen molar-refractivity contribution in [1.29, 1.82) is 0 Å². The highest BCUT2D eigenvalue weighted by atomic mass is 16.5. The molecule has 0 aromatic heterocycles. The van der Waals surface area contributed by atoms with Gasteiger partial charge in [0.2, 0.25) is 0 Å². The number of nitrogens with zero attached hydrogens (tertiary/aromatic N) is 1. The van der Waals surface area contributed by atoms with Gasteiger partial charge >= 0.3 is 0 Å². The van der Waals surface area contributed by atoms with E-state index in [1.807, 2.05) is 35.2 Å². The first-order valence-corrected chi connectivity index (χ1v) is 7.22. The Morgan fingerprint density at radius 1 is 1.00 bits per heavy atom. The van der Waals surface area contributed by atoms with Crippen LogP contribution >= 0.6 is 0 Å². The lowest BCUT2D eigenvalue weighted by molar-refractivity contribution is -0.134. The number of ether oxygens (including phenoxy) is 1. The Bertz CT molecular complexity index is 603. The van der Waals surface area contributed by atoms with Crippen molar-refractivity contribution in [2.45, 2.75) is 19.3 Å². The zero-order chi connectivity index (χ0) is 13.8. The lowest BCUT2D eigenvalue weighted by Crippen LogP contribution is -2.38. The van der Waals surface area contributed by atoms with Crippen LogP contribution in [0.5, 0.6) is 5.75 Å². The average Bonchev–Trinajstić information content (AvgIpc) is 2.53. The van der Waals surface area contributed by atoms with Crippen LogP contribution in [0.1, 0.15) is 19.3 Å². The van der Waals surface area contributed by atoms with Crippen molar-refractivity contribution >= 4 is 16.7 Å². The molecule has 0 spiro atoms. The van der Waals surface area contributed by atoms with E-state index >= 15 is 0 Å². The van der Waals surface area contributed by atoms with Crippen LogP contribution in [-0.2, 0) is 4.79 Å². The van der Waals surface area contributed by atoms with Crippen LogP contribution in [0.4, 0.5) is 0 Å². The van der Waals surface area contributed by atoms with Crippen LogP contribution in [0.25, 0.3) is 10.8 Å². The number of fused-ring (bicyclic) bond motifs is 1. The van der Waals surface area contributed by atoms with Crippen molar-refractivity contribution in [3.8, 4) is 5.75 Å². The van der Waals surface area contributed by atoms with Crippen LogP contribution < -0.4 is 4.74 Å². The average molecular weight is 269 g/mol. The number of carbonyl (C=O) groups excluding carboxylic acids is 1. The summed E-state index contributed by atoms with van der Waals surface area (Å²) in [5.74, 6) is 0.854. The van der Waals surface area contributed by atoms with E-state index < -0.39 is 0 Å². The predicted octanol–water partition coefficient (Wildman–Crippen LogP) is 3.23. The minimum Gasteiger partial charge on any atom is -0.484 e. The Kier molecular flexibility index (Phi) is 3.86. The minimum atomic E-state index is 0.0952. The maximum atomic E-state index is 12.0. The first-order valence-electron chi connectivity index (χ1n) is 7.22. The summed E-state index contributed by atoms with van der Waals surface area (Å²) in [6, 6.07) is 14.1. The van der Waals surface area contributed by atoms with Crippen LogP contribution in [0.2, 0.25) is 0 Å². The molecule has 0 bridgehead atoms. The number of piperidine rings is 1. The van der Waals surface area contributed by atoms with Gasteiger partial charge in [-0.2, -0.15) is 0 Å². The summed E-state index contributed by atoms with van der Waals surface area (Å²) in [4.78, 5) is 13.9. The number of rotatable bonds is 3. The van der Waals surface area contributed by atoms with Crippen LogP contribution in [0.15, 0.2) is 42.5 Å². The lowest BCUT2D eigenvalue weighted by atomic mass is 10.1. The molecule has 0 saturated carbocycles. The quantitative estimate of drug-likeness (QED) is 0.856. The highest BCUT2D eigenvalue weighted by Crippen LogP contribution is 2.20. The van der Waals surface area contributed by atoms with Crippen LogP contribution in [-0.4, -0.2) is 30.5 Å². The molecule has 1 saturated heterocycles. The second kappa shape index (κ2) is 5.95. The van der Waals surface area contributed by atoms with Crippen molar-refractivity contribution in [1.82, 2.24) is 4.90 Å². The SMILES string of the molecule is O=C(COc1ccc2ccccc2c1)N1CCCCC1. The number of likely N-dealkylation sites (tertiary alicyclic amines) is 1. The smallest absolute Gasteiger partial charge is 0.260 e. The Morgan fingerprint density at radius 2 is 1.75 bits per heavy atom. The van der Waals surface area contributed by atoms with E-state index in [1.54, 1.807) is 0 Å². The van der Waals surface area contributed by atoms with E-state index in [-0.39, 0.29) is 12.5 Å². The molecule has 104 valence electrons. The van der Waals surface area contributed by atoms with Gasteiger partial charge in [0.05, 0.1) is 0 Å². The third kappa shape index (κ3) is 2.93. The molecule has 0 radical (unpaired) electrons. The Balaban J connectivity index is 1.62. The van der Waals surface area contributed by atoms with Crippen molar-refractivity contribution < 1.29 is 9.53 Å². The van der Waals surface area contributed by atoms with Crippen molar-refractivity contribution in [3.63, 3.8) is 0 Å². The topological polar surface area (TPSA) is 29.5 Å². The van der Waals surface area contributed by atoms with Gasteiger partial charge < -0.3 is 9.64 Å². The molecule has 0 aliphatic carbocycles. The molecule has 0 atom stereocenters. The van der Waals surface area contributed by atoms with Gasteiger partial charge in [-0.15, -0.1) is 0 Å². The largest absolute Gasteiger partial charge is 0.484 e. The normalized spacial score (nSPS) is 15.3. The van der Waals surface area contributed by atoms with E-state index in [1.165, 1.54) is 11.8 Å². The van der Waals surface area contributed by atoms with Gasteiger partial charge in [0.1, 0.15) is 5.75 Å². The molecule has 3 heteroatoms. The van der Waals surface area contributed by atoms with Gasteiger partial charge in [-0.1, -0.05) is 30.3 Å². The number of amides is 1. The van der Waals surface area contributed by atoms with Gasteiger partial charge in [-0.05, 0) is 42.2 Å². The highest BCUT2D eigenvalue weighted by molar-refractivity contribution is 5.84. The summed E-state index contributed by atoms with van der Waals surface area (Å²) in [6.07, 6.45) is 3.46. The second-order valence-electron chi connectivity index (χ2n) is 5.24. The van der Waals surface area contributed by atoms with E-state index in [4.69, 9.17) is 4.74 Å². The molecule has 0 N–H and O–H groups in total. The molecular formula is C17H19NO2. The molecule has 1 aliphatic rings. The van der Waals surface area contributed by atoms with E-state index in [0.29, 0.717) is 0 Å². The van der Waals surface area contributed by atoms with Crippen molar-refractivity contribution in [2.75, 3.05) is 19.7 Å². The molecule has 1 aliphatic heterocycles. The fraction of sp³-hybridized carbons (Fsp3) is 0.353. The van der Waals surface area contributed by atoms with Gasteiger partial charge in [0, 0.05) is 13.1 Å². The summed E-state index contributed by atoms with van der Waals surface area (Å²) in [5.41, 5.74) is 0. The molecule has 2 aromatic rings. The van der Waals surface area contributed by atoms with Crippen molar-refractivity contribution in [2.24, 2.45) is 0 Å². The molecular weight excluding hydrogens is 250 g/mol. The standard InChI is InChI=1S/C17H19NO2/c19-17(18-10-4-1-5-11-18)13-20-16-9-8-14-6-2-3-7-15(14)12-16/h2-3,6-9,12H,1,4-5,10-11,13H2. The highest BCUT2D eigenvalue weighted by Gasteiger charge is 2.16. The number of benzene rings is 2. The van der Waals surface area contributed by atoms with Gasteiger partial charge in [0.15, 0.2) is 6.61 Å². The lowest BCUT2D eigenvalue weighted by Gasteiger charge is -2.26. The zero-order valence-electron chi connectivity index (χ0n) is 11.5. The van der Waals surface area contributed by atoms with Crippen LogP contribution in [0.3, 0.4) is 0 Å². The number of hydrogen-bond acceptors (Lipinski definition) is 2. The molecule has 1 amide bonds. The molecule has 0 unspecified atom stereocenters. The monoisotopic (exact) mass is 269 g/mol. The summed E-state index contributed by atoms with van der Waals surface area (Å²) in [7, 11) is 0. The van der Waals surface area contributed by atoms with E-state index in [0.717, 1.165) is 37.1 Å². The fourth-order valence-corrected chi connectivity index (χ4v) is 2.64. The van der Waals surface area contributed by atoms with Crippen LogP contribution in [0, 0.1) is 0 Å². The first kappa shape index (κ1) is 13.0. The van der Waals surface area contributed by atoms with E-state index in [9.17, 15) is 4.79 Å². The number of hydrogen-bond donors (Lipinski definition) is 0. The maximum Gasteiger partial charge on any atom is 0.260 e. The maximum absolute atomic E-state index is 12.0. The first-order chi connectivity index (χ1) is 9.83.